The average molecular weight is 431 g/mol. The number of amides is 2. The first-order chi connectivity index (χ1) is 15.4. The van der Waals surface area contributed by atoms with Crippen LogP contribution in [0, 0.1) is 5.41 Å². The minimum atomic E-state index is -0.140. The molecule has 1 saturated heterocycles. The summed E-state index contributed by atoms with van der Waals surface area (Å²) in [4.78, 5) is 29.3. The lowest BCUT2D eigenvalue weighted by Gasteiger charge is -2.36. The van der Waals surface area contributed by atoms with E-state index in [2.05, 4.69) is 30.2 Å². The Morgan fingerprint density at radius 3 is 2.19 bits per heavy atom. The van der Waals surface area contributed by atoms with Crippen LogP contribution in [0.15, 0.2) is 42.5 Å². The molecule has 166 valence electrons. The Bertz CT molecular complexity index is 1180. The zero-order valence-corrected chi connectivity index (χ0v) is 19.1. The molecule has 5 rings (SSSR count). The SMILES string of the molecule is CCc1nn(C)c2cc(-c3ccc(C(=O)N4CCN(C(=O)C5(C)CC5)CC4)cc3)ccc12. The van der Waals surface area contributed by atoms with Gasteiger partial charge in [0.2, 0.25) is 5.91 Å². The predicted octanol–water partition coefficient (Wildman–Crippen LogP) is 3.89. The fraction of sp³-hybridized carbons (Fsp3) is 0.423. The Balaban J connectivity index is 1.28. The van der Waals surface area contributed by atoms with Gasteiger partial charge in [0.25, 0.3) is 5.91 Å². The number of nitrogens with zero attached hydrogens (tertiary/aromatic N) is 4. The highest BCUT2D eigenvalue weighted by atomic mass is 16.2. The molecule has 2 aliphatic rings. The summed E-state index contributed by atoms with van der Waals surface area (Å²) in [7, 11) is 1.98. The molecule has 6 nitrogen and oxygen atoms in total. The fourth-order valence-electron chi connectivity index (χ4n) is 4.66. The molecule has 1 aliphatic carbocycles. The maximum Gasteiger partial charge on any atom is 0.253 e. The van der Waals surface area contributed by atoms with Crippen molar-refractivity contribution in [3.8, 4) is 11.1 Å². The van der Waals surface area contributed by atoms with E-state index < -0.39 is 0 Å². The molecule has 32 heavy (non-hydrogen) atoms. The van der Waals surface area contributed by atoms with Gasteiger partial charge in [-0.25, -0.2) is 0 Å². The lowest BCUT2D eigenvalue weighted by Crippen LogP contribution is -2.52. The van der Waals surface area contributed by atoms with Crippen LogP contribution < -0.4 is 0 Å². The molecule has 1 aliphatic heterocycles. The molecule has 2 heterocycles. The highest BCUT2D eigenvalue weighted by Crippen LogP contribution is 2.46. The Labute approximate surface area is 188 Å². The maximum absolute atomic E-state index is 13.0. The second kappa shape index (κ2) is 7.76. The molecular formula is C26H30N4O2. The lowest BCUT2D eigenvalue weighted by molar-refractivity contribution is -0.137. The molecule has 1 aromatic heterocycles. The average Bonchev–Trinajstić information content (AvgIpc) is 3.51. The molecule has 2 aromatic carbocycles. The van der Waals surface area contributed by atoms with Crippen LogP contribution in [0.2, 0.25) is 0 Å². The third-order valence-electron chi connectivity index (χ3n) is 7.10. The maximum atomic E-state index is 13.0. The number of carbonyl (C=O) groups is 2. The van der Waals surface area contributed by atoms with Crippen LogP contribution in [0.3, 0.4) is 0 Å². The largest absolute Gasteiger partial charge is 0.339 e. The third-order valence-corrected chi connectivity index (χ3v) is 7.10. The van der Waals surface area contributed by atoms with E-state index in [1.807, 2.05) is 52.7 Å². The van der Waals surface area contributed by atoms with Crippen LogP contribution in [0.1, 0.15) is 42.7 Å². The molecule has 2 amide bonds. The van der Waals surface area contributed by atoms with Crippen molar-refractivity contribution < 1.29 is 9.59 Å². The molecule has 2 fully saturated rings. The number of rotatable bonds is 4. The second-order valence-electron chi connectivity index (χ2n) is 9.38. The van der Waals surface area contributed by atoms with Crippen molar-refractivity contribution in [3.63, 3.8) is 0 Å². The van der Waals surface area contributed by atoms with E-state index >= 15 is 0 Å². The van der Waals surface area contributed by atoms with Gasteiger partial charge >= 0.3 is 0 Å². The third kappa shape index (κ3) is 3.57. The Kier molecular flexibility index (Phi) is 5.03. The Hall–Kier alpha value is -3.15. The number of aromatic nitrogens is 2. The van der Waals surface area contributed by atoms with E-state index in [0.29, 0.717) is 31.7 Å². The van der Waals surface area contributed by atoms with E-state index in [4.69, 9.17) is 0 Å². The summed E-state index contributed by atoms with van der Waals surface area (Å²) in [5.74, 6) is 0.293. The molecular weight excluding hydrogens is 400 g/mol. The molecule has 1 saturated carbocycles. The van der Waals surface area contributed by atoms with Crippen molar-refractivity contribution in [1.29, 1.82) is 0 Å². The summed E-state index contributed by atoms with van der Waals surface area (Å²) < 4.78 is 1.93. The number of piperazine rings is 1. The fourth-order valence-corrected chi connectivity index (χ4v) is 4.66. The lowest BCUT2D eigenvalue weighted by atomic mass is 10.0. The van der Waals surface area contributed by atoms with Gasteiger partial charge in [0.05, 0.1) is 11.2 Å². The molecule has 0 N–H and O–H groups in total. The van der Waals surface area contributed by atoms with Crippen molar-refractivity contribution in [2.24, 2.45) is 12.5 Å². The van der Waals surface area contributed by atoms with E-state index in [-0.39, 0.29) is 17.2 Å². The summed E-state index contributed by atoms with van der Waals surface area (Å²) in [6.07, 6.45) is 2.89. The van der Waals surface area contributed by atoms with Crippen molar-refractivity contribution in [2.45, 2.75) is 33.1 Å². The van der Waals surface area contributed by atoms with Gasteiger partial charge in [0, 0.05) is 49.6 Å². The van der Waals surface area contributed by atoms with Crippen LogP contribution in [0.4, 0.5) is 0 Å². The van der Waals surface area contributed by atoms with Gasteiger partial charge in [0.1, 0.15) is 0 Å². The van der Waals surface area contributed by atoms with Crippen LogP contribution in [-0.4, -0.2) is 57.6 Å². The molecule has 3 aromatic rings. The monoisotopic (exact) mass is 430 g/mol. The van der Waals surface area contributed by atoms with Gasteiger partial charge in [-0.15, -0.1) is 0 Å². The highest BCUT2D eigenvalue weighted by molar-refractivity contribution is 5.95. The summed E-state index contributed by atoms with van der Waals surface area (Å²) >= 11 is 0. The first kappa shape index (κ1) is 20.7. The van der Waals surface area contributed by atoms with Crippen molar-refractivity contribution in [3.05, 3.63) is 53.7 Å². The van der Waals surface area contributed by atoms with Crippen LogP contribution in [0.5, 0.6) is 0 Å². The van der Waals surface area contributed by atoms with Gasteiger partial charge in [-0.05, 0) is 48.6 Å². The number of aryl methyl sites for hydroxylation is 2. The summed E-state index contributed by atoms with van der Waals surface area (Å²) in [5, 5.41) is 5.80. The van der Waals surface area contributed by atoms with E-state index in [1.54, 1.807) is 0 Å². The second-order valence-corrected chi connectivity index (χ2v) is 9.38. The summed E-state index contributed by atoms with van der Waals surface area (Å²) in [5.41, 5.74) is 4.98. The van der Waals surface area contributed by atoms with Gasteiger partial charge in [-0.2, -0.15) is 5.10 Å². The number of hydrogen-bond donors (Lipinski definition) is 0. The Morgan fingerprint density at radius 2 is 1.56 bits per heavy atom. The summed E-state index contributed by atoms with van der Waals surface area (Å²) in [6, 6.07) is 14.3. The highest BCUT2D eigenvalue weighted by Gasteiger charge is 2.47. The minimum absolute atomic E-state index is 0.0379. The smallest absolute Gasteiger partial charge is 0.253 e. The molecule has 0 spiro atoms. The number of carbonyl (C=O) groups excluding carboxylic acids is 2. The van der Waals surface area contributed by atoms with E-state index in [9.17, 15) is 9.59 Å². The molecule has 0 atom stereocenters. The van der Waals surface area contributed by atoms with Crippen molar-refractivity contribution >= 4 is 22.7 Å². The first-order valence-corrected chi connectivity index (χ1v) is 11.5. The zero-order valence-electron chi connectivity index (χ0n) is 19.1. The molecule has 0 bridgehead atoms. The molecule has 0 unspecified atom stereocenters. The van der Waals surface area contributed by atoms with Gasteiger partial charge in [-0.1, -0.05) is 38.1 Å². The minimum Gasteiger partial charge on any atom is -0.339 e. The predicted molar refractivity (Wildman–Crippen MR) is 125 cm³/mol. The van der Waals surface area contributed by atoms with E-state index in [1.165, 1.54) is 5.39 Å². The number of fused-ring (bicyclic) bond motifs is 1. The zero-order chi connectivity index (χ0) is 22.5. The number of benzene rings is 2. The molecule has 6 heteroatoms. The van der Waals surface area contributed by atoms with Crippen molar-refractivity contribution in [2.75, 3.05) is 26.2 Å². The van der Waals surface area contributed by atoms with Gasteiger partial charge in [0.15, 0.2) is 0 Å². The van der Waals surface area contributed by atoms with Crippen LogP contribution in [-0.2, 0) is 18.3 Å². The standard InChI is InChI=1S/C26H30N4O2/c1-4-22-21-10-9-20(17-23(21)28(3)27-22)18-5-7-19(8-6-18)24(31)29-13-15-30(16-14-29)25(32)26(2)11-12-26/h5-10,17H,4,11-16H2,1-3H3. The normalized spacial score (nSPS) is 17.6. The van der Waals surface area contributed by atoms with Crippen LogP contribution in [0.25, 0.3) is 22.0 Å². The topological polar surface area (TPSA) is 58.4 Å². The van der Waals surface area contributed by atoms with E-state index in [0.717, 1.165) is 41.6 Å². The van der Waals surface area contributed by atoms with Gasteiger partial charge in [-0.3, -0.25) is 14.3 Å². The van der Waals surface area contributed by atoms with Crippen LogP contribution >= 0.6 is 0 Å². The first-order valence-electron chi connectivity index (χ1n) is 11.5. The Morgan fingerprint density at radius 1 is 0.938 bits per heavy atom. The number of hydrogen-bond acceptors (Lipinski definition) is 3. The quantitative estimate of drug-likeness (QED) is 0.631. The van der Waals surface area contributed by atoms with Crippen molar-refractivity contribution in [1.82, 2.24) is 19.6 Å². The summed E-state index contributed by atoms with van der Waals surface area (Å²) in [6.45, 7) is 6.61. The molecule has 0 radical (unpaired) electrons. The van der Waals surface area contributed by atoms with Gasteiger partial charge < -0.3 is 9.80 Å².